The number of fused-ring (bicyclic) bond motifs is 1. The highest BCUT2D eigenvalue weighted by molar-refractivity contribution is 5.76. The number of pyridine rings is 1. The molecule has 4 aromatic heterocycles. The average molecular weight is 531 g/mol. The fourth-order valence-corrected chi connectivity index (χ4v) is 5.13. The van der Waals surface area contributed by atoms with Crippen molar-refractivity contribution in [1.82, 2.24) is 34.1 Å². The Morgan fingerprint density at radius 2 is 1.92 bits per heavy atom. The number of likely N-dealkylation sites (tertiary alicyclic amines) is 1. The van der Waals surface area contributed by atoms with Gasteiger partial charge in [0.05, 0.1) is 24.1 Å². The third-order valence-electron chi connectivity index (χ3n) is 7.09. The lowest BCUT2D eigenvalue weighted by atomic mass is 10.0. The van der Waals surface area contributed by atoms with E-state index in [0.29, 0.717) is 29.9 Å². The number of aromatic nitrogens is 6. The molecule has 0 spiro atoms. The first kappa shape index (κ1) is 26.3. The van der Waals surface area contributed by atoms with Crippen molar-refractivity contribution in [3.05, 3.63) is 53.9 Å². The van der Waals surface area contributed by atoms with E-state index in [1.165, 1.54) is 0 Å². The highest BCUT2D eigenvalue weighted by atomic mass is 16.6. The molecule has 0 unspecified atom stereocenters. The molecule has 39 heavy (non-hydrogen) atoms. The molecule has 5 heterocycles. The van der Waals surface area contributed by atoms with Gasteiger partial charge in [-0.3, -0.25) is 9.36 Å². The van der Waals surface area contributed by atoms with Gasteiger partial charge in [0.1, 0.15) is 34.6 Å². The van der Waals surface area contributed by atoms with E-state index in [9.17, 15) is 10.1 Å². The summed E-state index contributed by atoms with van der Waals surface area (Å²) >= 11 is 0. The number of aryl methyl sites for hydroxylation is 1. The van der Waals surface area contributed by atoms with E-state index >= 15 is 0 Å². The normalized spacial score (nSPS) is 15.4. The van der Waals surface area contributed by atoms with Gasteiger partial charge in [0, 0.05) is 49.4 Å². The lowest BCUT2D eigenvalue weighted by Crippen LogP contribution is -2.42. The largest absolute Gasteiger partial charge is 0.482 e. The van der Waals surface area contributed by atoms with Gasteiger partial charge < -0.3 is 14.4 Å². The summed E-state index contributed by atoms with van der Waals surface area (Å²) in [6.45, 7) is 10.9. The minimum atomic E-state index is -0.511. The van der Waals surface area contributed by atoms with Crippen LogP contribution in [0.15, 0.2) is 36.9 Å². The second-order valence-electron chi connectivity index (χ2n) is 11.0. The van der Waals surface area contributed by atoms with Crippen molar-refractivity contribution in [3.8, 4) is 22.9 Å². The SMILES string of the molecule is Cc1c(-c2cc(O[C@H](C)c3ccnn3C)c3c(C#N)cnn3c2)cnn1C1CCN(C(=O)OC(C)(C)C)CC1. The number of nitriles is 1. The summed E-state index contributed by atoms with van der Waals surface area (Å²) in [6.07, 6.45) is 8.07. The first-order valence-corrected chi connectivity index (χ1v) is 13.1. The van der Waals surface area contributed by atoms with Gasteiger partial charge in [-0.2, -0.15) is 20.6 Å². The molecule has 1 fully saturated rings. The molecule has 0 N–H and O–H groups in total. The third kappa shape index (κ3) is 5.19. The van der Waals surface area contributed by atoms with Crippen LogP contribution in [0.2, 0.25) is 0 Å². The van der Waals surface area contributed by atoms with Crippen LogP contribution in [0.5, 0.6) is 5.75 Å². The van der Waals surface area contributed by atoms with E-state index in [4.69, 9.17) is 14.6 Å². The molecule has 11 heteroatoms. The number of amides is 1. The number of carbonyl (C=O) groups excluding carboxylic acids is 1. The van der Waals surface area contributed by atoms with Crippen molar-refractivity contribution in [2.24, 2.45) is 7.05 Å². The second kappa shape index (κ2) is 10.1. The zero-order valence-electron chi connectivity index (χ0n) is 23.2. The van der Waals surface area contributed by atoms with Gasteiger partial charge in [-0.15, -0.1) is 0 Å². The van der Waals surface area contributed by atoms with E-state index in [-0.39, 0.29) is 18.2 Å². The zero-order chi connectivity index (χ0) is 27.9. The Labute approximate surface area is 227 Å². The number of carbonyl (C=O) groups is 1. The molecule has 1 atom stereocenters. The molecular formula is C28H34N8O3. The Morgan fingerprint density at radius 1 is 1.18 bits per heavy atom. The minimum absolute atomic E-state index is 0.177. The van der Waals surface area contributed by atoms with Crippen LogP contribution in [0, 0.1) is 18.3 Å². The molecule has 0 aromatic carbocycles. The van der Waals surface area contributed by atoms with Crippen molar-refractivity contribution in [3.63, 3.8) is 0 Å². The lowest BCUT2D eigenvalue weighted by molar-refractivity contribution is 0.0184. The molecule has 0 radical (unpaired) electrons. The lowest BCUT2D eigenvalue weighted by Gasteiger charge is -2.33. The number of ether oxygens (including phenoxy) is 2. The van der Waals surface area contributed by atoms with Crippen LogP contribution in [-0.2, 0) is 11.8 Å². The van der Waals surface area contributed by atoms with Gasteiger partial charge in [0.2, 0.25) is 0 Å². The molecule has 0 aliphatic carbocycles. The van der Waals surface area contributed by atoms with Crippen LogP contribution in [0.25, 0.3) is 16.6 Å². The Hall–Kier alpha value is -4.33. The summed E-state index contributed by atoms with van der Waals surface area (Å²) in [4.78, 5) is 14.3. The first-order valence-electron chi connectivity index (χ1n) is 13.1. The summed E-state index contributed by atoms with van der Waals surface area (Å²) in [6, 6.07) is 6.26. The van der Waals surface area contributed by atoms with E-state index in [1.807, 2.05) is 59.3 Å². The molecule has 0 saturated carbocycles. The highest BCUT2D eigenvalue weighted by Crippen LogP contribution is 2.35. The fraction of sp³-hybridized carbons (Fsp3) is 0.464. The van der Waals surface area contributed by atoms with Crippen molar-refractivity contribution >= 4 is 11.6 Å². The van der Waals surface area contributed by atoms with Crippen molar-refractivity contribution in [2.45, 2.75) is 65.2 Å². The molecule has 1 amide bonds. The van der Waals surface area contributed by atoms with Crippen LogP contribution in [0.4, 0.5) is 4.79 Å². The average Bonchev–Trinajstić information content (AvgIpc) is 3.61. The first-order chi connectivity index (χ1) is 18.6. The molecule has 0 bridgehead atoms. The van der Waals surface area contributed by atoms with Gasteiger partial charge in [0.25, 0.3) is 0 Å². The number of hydrogen-bond donors (Lipinski definition) is 0. The van der Waals surface area contributed by atoms with Gasteiger partial charge in [-0.05, 0) is 59.6 Å². The highest BCUT2D eigenvalue weighted by Gasteiger charge is 2.29. The van der Waals surface area contributed by atoms with E-state index in [1.54, 1.807) is 26.5 Å². The molecule has 11 nitrogen and oxygen atoms in total. The van der Waals surface area contributed by atoms with Gasteiger partial charge in [-0.25, -0.2) is 9.31 Å². The smallest absolute Gasteiger partial charge is 0.410 e. The maximum Gasteiger partial charge on any atom is 0.410 e. The van der Waals surface area contributed by atoms with Crippen LogP contribution in [-0.4, -0.2) is 58.9 Å². The fourth-order valence-electron chi connectivity index (χ4n) is 5.13. The third-order valence-corrected chi connectivity index (χ3v) is 7.09. The summed E-state index contributed by atoms with van der Waals surface area (Å²) in [7, 11) is 1.87. The van der Waals surface area contributed by atoms with Crippen LogP contribution >= 0.6 is 0 Å². The number of rotatable bonds is 5. The molecule has 4 aromatic rings. The maximum atomic E-state index is 12.5. The van der Waals surface area contributed by atoms with Crippen molar-refractivity contribution < 1.29 is 14.3 Å². The molecule has 5 rings (SSSR count). The number of piperidine rings is 1. The van der Waals surface area contributed by atoms with Crippen LogP contribution < -0.4 is 4.74 Å². The molecule has 1 aliphatic rings. The monoisotopic (exact) mass is 530 g/mol. The summed E-state index contributed by atoms with van der Waals surface area (Å²) in [5.74, 6) is 0.563. The van der Waals surface area contributed by atoms with E-state index in [2.05, 4.69) is 27.9 Å². The Kier molecular flexibility index (Phi) is 6.80. The topological polar surface area (TPSA) is 116 Å². The molecule has 1 saturated heterocycles. The second-order valence-corrected chi connectivity index (χ2v) is 11.0. The van der Waals surface area contributed by atoms with Gasteiger partial charge in [0.15, 0.2) is 0 Å². The van der Waals surface area contributed by atoms with Crippen LogP contribution in [0.1, 0.15) is 69.6 Å². The number of hydrogen-bond acceptors (Lipinski definition) is 7. The van der Waals surface area contributed by atoms with Gasteiger partial charge in [-0.1, -0.05) is 0 Å². The molecule has 1 aliphatic heterocycles. The minimum Gasteiger partial charge on any atom is -0.482 e. The Bertz CT molecular complexity index is 1540. The molecule has 204 valence electrons. The Balaban J connectivity index is 1.41. The quantitative estimate of drug-likeness (QED) is 0.363. The maximum absolute atomic E-state index is 12.5. The number of nitrogens with zero attached hydrogens (tertiary/aromatic N) is 8. The predicted octanol–water partition coefficient (Wildman–Crippen LogP) is 4.82. The summed E-state index contributed by atoms with van der Waals surface area (Å²) in [5.41, 5.74) is 4.33. The summed E-state index contributed by atoms with van der Waals surface area (Å²) < 4.78 is 17.4. The van der Waals surface area contributed by atoms with Crippen molar-refractivity contribution in [2.75, 3.05) is 13.1 Å². The van der Waals surface area contributed by atoms with E-state index in [0.717, 1.165) is 35.4 Å². The predicted molar refractivity (Wildman–Crippen MR) is 144 cm³/mol. The van der Waals surface area contributed by atoms with E-state index < -0.39 is 5.60 Å². The van der Waals surface area contributed by atoms with Gasteiger partial charge >= 0.3 is 6.09 Å². The zero-order valence-corrected chi connectivity index (χ0v) is 23.2. The van der Waals surface area contributed by atoms with Crippen molar-refractivity contribution in [1.29, 1.82) is 5.26 Å². The summed E-state index contributed by atoms with van der Waals surface area (Å²) in [5, 5.41) is 23.1. The Morgan fingerprint density at radius 3 is 2.56 bits per heavy atom. The molecular weight excluding hydrogens is 496 g/mol. The standard InChI is InChI=1S/C28H34N8O3/c1-18-23(16-32-36(18)22-8-11-34(12-9-22)27(37)39-28(3,4)5)20-13-25(26-21(14-29)15-31-35(26)17-20)38-19(2)24-7-10-30-33(24)6/h7,10,13,15-17,19,22H,8-9,11-12H2,1-6H3/t19-/m1/s1. The van der Waals surface area contributed by atoms with Crippen LogP contribution in [0.3, 0.4) is 0 Å².